The number of rotatable bonds is 4. The third-order valence-corrected chi connectivity index (χ3v) is 3.09. The summed E-state index contributed by atoms with van der Waals surface area (Å²) in [6.45, 7) is 0. The average Bonchev–Trinajstić information content (AvgIpc) is 2.86. The number of nitro groups is 1. The molecule has 0 aliphatic heterocycles. The molecule has 2 rings (SSSR count). The minimum Gasteiger partial charge on any atom is -0.401 e. The molecule has 2 aromatic rings. The summed E-state index contributed by atoms with van der Waals surface area (Å²) >= 11 is 3.34. The van der Waals surface area contributed by atoms with E-state index in [0.29, 0.717) is 17.4 Å². The van der Waals surface area contributed by atoms with Gasteiger partial charge in [-0.3, -0.25) is 14.9 Å². The molecule has 1 aromatic heterocycles. The van der Waals surface area contributed by atoms with Crippen LogP contribution in [0.25, 0.3) is 11.6 Å². The summed E-state index contributed by atoms with van der Waals surface area (Å²) in [4.78, 5) is 21.0. The molecule has 0 amide bonds. The first-order chi connectivity index (χ1) is 9.11. The van der Waals surface area contributed by atoms with Crippen molar-refractivity contribution in [3.8, 4) is 0 Å². The highest BCUT2D eigenvalue weighted by Crippen LogP contribution is 2.26. The molecule has 0 saturated carbocycles. The van der Waals surface area contributed by atoms with Crippen LogP contribution in [0.2, 0.25) is 0 Å². The number of furan rings is 1. The third-order valence-electron chi connectivity index (χ3n) is 2.40. The summed E-state index contributed by atoms with van der Waals surface area (Å²) in [5.41, 5.74) is 1.06. The van der Waals surface area contributed by atoms with Crippen molar-refractivity contribution in [3.05, 3.63) is 62.3 Å². The Morgan fingerprint density at radius 3 is 2.58 bits per heavy atom. The van der Waals surface area contributed by atoms with E-state index in [4.69, 9.17) is 4.42 Å². The molecule has 1 aromatic carbocycles. The van der Waals surface area contributed by atoms with Crippen LogP contribution < -0.4 is 0 Å². The molecule has 1 heterocycles. The fraction of sp³-hybridized carbons (Fsp3) is 0. The second kappa shape index (κ2) is 5.62. The maximum atomic E-state index is 11.1. The topological polar surface area (TPSA) is 73.3 Å². The van der Waals surface area contributed by atoms with Crippen molar-refractivity contribution in [3.63, 3.8) is 0 Å². The lowest BCUT2D eigenvalue weighted by Crippen LogP contribution is -1.87. The second-order valence-corrected chi connectivity index (χ2v) is 4.48. The number of hydrogen-bond donors (Lipinski definition) is 0. The minimum absolute atomic E-state index is 0.254. The van der Waals surface area contributed by atoms with Gasteiger partial charge in [-0.25, -0.2) is 0 Å². The Bertz CT molecular complexity index is 660. The zero-order valence-corrected chi connectivity index (χ0v) is 11.2. The molecule has 0 spiro atoms. The average molecular weight is 322 g/mol. The summed E-state index contributed by atoms with van der Waals surface area (Å²) in [6.07, 6.45) is 2.13. The number of nitrogens with zero attached hydrogens (tertiary/aromatic N) is 1. The number of benzene rings is 1. The standard InChI is InChI=1S/C13H8BrNO4/c14-12-4-2-1-3-11(12)9(8-16)7-10-5-6-13(19-10)15(17)18/h1-8H. The van der Waals surface area contributed by atoms with E-state index in [0.717, 1.165) is 4.47 Å². The second-order valence-electron chi connectivity index (χ2n) is 3.63. The predicted octanol–water partition coefficient (Wildman–Crippen LogP) is 3.69. The van der Waals surface area contributed by atoms with Gasteiger partial charge in [0.05, 0.1) is 6.07 Å². The molecule has 19 heavy (non-hydrogen) atoms. The largest absolute Gasteiger partial charge is 0.433 e. The molecule has 5 nitrogen and oxygen atoms in total. The Kier molecular flexibility index (Phi) is 3.91. The smallest absolute Gasteiger partial charge is 0.401 e. The molecule has 0 bridgehead atoms. The minimum atomic E-state index is -0.629. The Labute approximate surface area is 116 Å². The van der Waals surface area contributed by atoms with Crippen molar-refractivity contribution >= 4 is 39.7 Å². The van der Waals surface area contributed by atoms with Gasteiger partial charge in [-0.15, -0.1) is 0 Å². The number of hydrogen-bond acceptors (Lipinski definition) is 4. The molecule has 0 saturated heterocycles. The van der Waals surface area contributed by atoms with Crippen LogP contribution in [-0.4, -0.2) is 11.2 Å². The number of carbonyl (C=O) groups excluding carboxylic acids is 1. The van der Waals surface area contributed by atoms with Gasteiger partial charge >= 0.3 is 5.88 Å². The number of allylic oxidation sites excluding steroid dienone is 1. The van der Waals surface area contributed by atoms with E-state index < -0.39 is 4.92 Å². The summed E-state index contributed by atoms with van der Waals surface area (Å²) < 4.78 is 5.75. The van der Waals surface area contributed by atoms with Crippen molar-refractivity contribution < 1.29 is 14.1 Å². The van der Waals surface area contributed by atoms with Gasteiger partial charge in [-0.1, -0.05) is 34.1 Å². The molecule has 96 valence electrons. The predicted molar refractivity (Wildman–Crippen MR) is 73.4 cm³/mol. The van der Waals surface area contributed by atoms with E-state index in [1.165, 1.54) is 18.2 Å². The van der Waals surface area contributed by atoms with E-state index in [-0.39, 0.29) is 11.6 Å². The summed E-state index contributed by atoms with van der Waals surface area (Å²) in [7, 11) is 0. The molecule has 0 radical (unpaired) electrons. The van der Waals surface area contributed by atoms with E-state index in [1.807, 2.05) is 6.07 Å². The number of halogens is 1. The summed E-state index contributed by atoms with van der Waals surface area (Å²) in [5, 5.41) is 10.5. The van der Waals surface area contributed by atoms with Crippen LogP contribution in [0.1, 0.15) is 11.3 Å². The maximum Gasteiger partial charge on any atom is 0.433 e. The van der Waals surface area contributed by atoms with E-state index in [1.54, 1.807) is 18.2 Å². The first-order valence-corrected chi connectivity index (χ1v) is 6.07. The van der Waals surface area contributed by atoms with Crippen molar-refractivity contribution in [1.82, 2.24) is 0 Å². The van der Waals surface area contributed by atoms with Gasteiger partial charge in [0.1, 0.15) is 10.7 Å². The van der Waals surface area contributed by atoms with Crippen LogP contribution in [0.5, 0.6) is 0 Å². The van der Waals surface area contributed by atoms with E-state index in [9.17, 15) is 14.9 Å². The lowest BCUT2D eigenvalue weighted by atomic mass is 10.1. The van der Waals surface area contributed by atoms with Crippen molar-refractivity contribution in [2.45, 2.75) is 0 Å². The van der Waals surface area contributed by atoms with Gasteiger partial charge in [0.15, 0.2) is 6.29 Å². The zero-order chi connectivity index (χ0) is 13.8. The van der Waals surface area contributed by atoms with Gasteiger partial charge in [0.25, 0.3) is 0 Å². The van der Waals surface area contributed by atoms with Crippen LogP contribution in [0, 0.1) is 10.1 Å². The molecule has 0 atom stereocenters. The molecule has 0 N–H and O–H groups in total. The summed E-state index contributed by atoms with van der Waals surface area (Å²) in [6, 6.07) is 9.88. The van der Waals surface area contributed by atoms with Gasteiger partial charge in [0, 0.05) is 10.0 Å². The third kappa shape index (κ3) is 2.97. The van der Waals surface area contributed by atoms with Gasteiger partial charge in [0.2, 0.25) is 0 Å². The molecule has 6 heteroatoms. The molecule has 0 fully saturated rings. The fourth-order valence-electron chi connectivity index (χ4n) is 1.54. The molecule has 0 aliphatic rings. The van der Waals surface area contributed by atoms with E-state index in [2.05, 4.69) is 15.9 Å². The number of aldehydes is 1. The molecule has 0 unspecified atom stereocenters. The molecular formula is C13H8BrNO4. The first-order valence-electron chi connectivity index (χ1n) is 5.28. The lowest BCUT2D eigenvalue weighted by molar-refractivity contribution is -0.402. The Morgan fingerprint density at radius 2 is 2.00 bits per heavy atom. The fourth-order valence-corrected chi connectivity index (χ4v) is 2.06. The van der Waals surface area contributed by atoms with Crippen molar-refractivity contribution in [1.29, 1.82) is 0 Å². The highest BCUT2D eigenvalue weighted by atomic mass is 79.9. The molecular weight excluding hydrogens is 314 g/mol. The Morgan fingerprint density at radius 1 is 1.26 bits per heavy atom. The Balaban J connectivity index is 2.41. The van der Waals surface area contributed by atoms with Crippen LogP contribution >= 0.6 is 15.9 Å². The zero-order valence-electron chi connectivity index (χ0n) is 9.58. The highest BCUT2D eigenvalue weighted by molar-refractivity contribution is 9.10. The molecule has 0 aliphatic carbocycles. The quantitative estimate of drug-likeness (QED) is 0.372. The van der Waals surface area contributed by atoms with Gasteiger partial charge < -0.3 is 4.42 Å². The Hall–Kier alpha value is -2.21. The normalized spacial score (nSPS) is 11.3. The van der Waals surface area contributed by atoms with Crippen LogP contribution in [0.3, 0.4) is 0 Å². The van der Waals surface area contributed by atoms with Crippen LogP contribution in [-0.2, 0) is 4.79 Å². The SMILES string of the molecule is O=CC(=Cc1ccc([N+](=O)[O-])o1)c1ccccc1Br. The van der Waals surface area contributed by atoms with Crippen molar-refractivity contribution in [2.75, 3.05) is 0 Å². The monoisotopic (exact) mass is 321 g/mol. The summed E-state index contributed by atoms with van der Waals surface area (Å²) in [5.74, 6) is -0.104. The maximum absolute atomic E-state index is 11.1. The van der Waals surface area contributed by atoms with Gasteiger partial charge in [-0.05, 0) is 23.8 Å². The van der Waals surface area contributed by atoms with Crippen LogP contribution in [0.15, 0.2) is 45.3 Å². The van der Waals surface area contributed by atoms with E-state index >= 15 is 0 Å². The lowest BCUT2D eigenvalue weighted by Gasteiger charge is -2.02. The number of carbonyl (C=O) groups is 1. The van der Waals surface area contributed by atoms with Crippen molar-refractivity contribution in [2.24, 2.45) is 0 Å². The van der Waals surface area contributed by atoms with Crippen LogP contribution in [0.4, 0.5) is 5.88 Å². The first kappa shape index (κ1) is 13.2. The van der Waals surface area contributed by atoms with Gasteiger partial charge in [-0.2, -0.15) is 0 Å². The highest BCUT2D eigenvalue weighted by Gasteiger charge is 2.12.